The Kier molecular flexibility index (Phi) is 3.91. The maximum absolute atomic E-state index is 6.53. The summed E-state index contributed by atoms with van der Waals surface area (Å²) in [7, 11) is 0. The van der Waals surface area contributed by atoms with E-state index in [0.29, 0.717) is 5.02 Å². The fourth-order valence-corrected chi connectivity index (χ4v) is 4.19. The molecule has 0 bridgehead atoms. The highest BCUT2D eigenvalue weighted by atomic mass is 35.5. The van der Waals surface area contributed by atoms with Gasteiger partial charge in [-0.1, -0.05) is 37.3 Å². The lowest BCUT2D eigenvalue weighted by atomic mass is 9.61. The monoisotopic (exact) mass is 299 g/mol. The molecule has 0 amide bonds. The Morgan fingerprint density at radius 3 is 2.53 bits per heavy atom. The number of rotatable bonds is 2. The minimum atomic E-state index is 0.181. The van der Waals surface area contributed by atoms with E-state index in [0.717, 1.165) is 12.2 Å². The second-order valence-corrected chi connectivity index (χ2v) is 6.76. The number of aromatic nitrogens is 1. The third-order valence-electron chi connectivity index (χ3n) is 4.68. The van der Waals surface area contributed by atoms with E-state index in [1.807, 2.05) is 6.07 Å². The molecule has 0 saturated heterocycles. The zero-order chi connectivity index (χ0) is 13.3. The van der Waals surface area contributed by atoms with Crippen LogP contribution < -0.4 is 4.74 Å². The molecule has 2 nitrogen and oxygen atoms in total. The molecule has 3 rings (SSSR count). The Labute approximate surface area is 124 Å². The molecule has 0 radical (unpaired) electrons. The Bertz CT molecular complexity index is 444. The fourth-order valence-electron chi connectivity index (χ4n) is 3.51. The van der Waals surface area contributed by atoms with Crippen molar-refractivity contribution in [3.05, 3.63) is 23.5 Å². The van der Waals surface area contributed by atoms with Gasteiger partial charge in [0, 0.05) is 29.5 Å². The van der Waals surface area contributed by atoms with Gasteiger partial charge in [-0.2, -0.15) is 0 Å². The van der Waals surface area contributed by atoms with Crippen LogP contribution in [0.25, 0.3) is 0 Å². The fraction of sp³-hybridized carbons (Fsp3) is 0.667. The summed E-state index contributed by atoms with van der Waals surface area (Å²) >= 11 is 12.5. The first kappa shape index (κ1) is 13.5. The van der Waals surface area contributed by atoms with Gasteiger partial charge in [0.1, 0.15) is 11.9 Å². The third-order valence-corrected chi connectivity index (χ3v) is 5.50. The van der Waals surface area contributed by atoms with E-state index in [4.69, 9.17) is 27.9 Å². The van der Waals surface area contributed by atoms with Crippen LogP contribution in [-0.4, -0.2) is 16.5 Å². The zero-order valence-electron chi connectivity index (χ0n) is 10.9. The summed E-state index contributed by atoms with van der Waals surface area (Å²) in [5.74, 6) is 0.768. The number of alkyl halides is 1. The summed E-state index contributed by atoms with van der Waals surface area (Å²) in [6.45, 7) is 0. The molecule has 4 heteroatoms. The van der Waals surface area contributed by atoms with Crippen LogP contribution >= 0.6 is 23.2 Å². The van der Waals surface area contributed by atoms with Gasteiger partial charge in [0.15, 0.2) is 0 Å². The Balaban J connectivity index is 1.74. The summed E-state index contributed by atoms with van der Waals surface area (Å²) in [6, 6.07) is 1.83. The molecular weight excluding hydrogens is 281 g/mol. The molecule has 2 fully saturated rings. The van der Waals surface area contributed by atoms with Crippen LogP contribution in [0.1, 0.15) is 44.9 Å². The molecule has 2 aliphatic carbocycles. The van der Waals surface area contributed by atoms with E-state index < -0.39 is 0 Å². The van der Waals surface area contributed by atoms with Crippen molar-refractivity contribution >= 4 is 23.2 Å². The predicted octanol–water partition coefficient (Wildman–Crippen LogP) is 4.83. The van der Waals surface area contributed by atoms with E-state index in [1.165, 1.54) is 38.5 Å². The minimum Gasteiger partial charge on any atom is -0.488 e. The van der Waals surface area contributed by atoms with Crippen LogP contribution in [0, 0.1) is 5.41 Å². The van der Waals surface area contributed by atoms with Crippen molar-refractivity contribution in [2.75, 3.05) is 0 Å². The molecule has 19 heavy (non-hydrogen) atoms. The molecule has 1 spiro atoms. The van der Waals surface area contributed by atoms with Crippen LogP contribution in [0.2, 0.25) is 5.02 Å². The molecule has 104 valence electrons. The van der Waals surface area contributed by atoms with Gasteiger partial charge in [0.2, 0.25) is 0 Å². The molecule has 0 aromatic carbocycles. The molecular formula is C15H19Cl2NO. The first-order chi connectivity index (χ1) is 9.21. The first-order valence-corrected chi connectivity index (χ1v) is 7.93. The third kappa shape index (κ3) is 2.57. The normalized spacial score (nSPS) is 29.6. The zero-order valence-corrected chi connectivity index (χ0v) is 12.5. The molecule has 2 atom stereocenters. The number of nitrogens with zero attached hydrogens (tertiary/aromatic N) is 1. The highest BCUT2D eigenvalue weighted by Crippen LogP contribution is 2.55. The van der Waals surface area contributed by atoms with Gasteiger partial charge in [-0.25, -0.2) is 0 Å². The predicted molar refractivity (Wildman–Crippen MR) is 78.1 cm³/mol. The van der Waals surface area contributed by atoms with Gasteiger partial charge in [-0.3, -0.25) is 4.98 Å². The van der Waals surface area contributed by atoms with E-state index in [2.05, 4.69) is 4.98 Å². The SMILES string of the molecule is Clc1cncc(OC2CC(Cl)C23CCCCCC3)c1. The maximum atomic E-state index is 6.53. The molecule has 0 N–H and O–H groups in total. The number of hydrogen-bond donors (Lipinski definition) is 0. The summed E-state index contributed by atoms with van der Waals surface area (Å²) in [6.07, 6.45) is 12.1. The van der Waals surface area contributed by atoms with Crippen LogP contribution in [0.15, 0.2) is 18.5 Å². The van der Waals surface area contributed by atoms with E-state index >= 15 is 0 Å². The highest BCUT2D eigenvalue weighted by molar-refractivity contribution is 6.30. The molecule has 1 heterocycles. The Hall–Kier alpha value is -0.470. The largest absolute Gasteiger partial charge is 0.488 e. The lowest BCUT2D eigenvalue weighted by Gasteiger charge is -2.53. The average molecular weight is 300 g/mol. The van der Waals surface area contributed by atoms with E-state index in [9.17, 15) is 0 Å². The van der Waals surface area contributed by atoms with Gasteiger partial charge in [-0.15, -0.1) is 11.6 Å². The van der Waals surface area contributed by atoms with Crippen molar-refractivity contribution in [3.8, 4) is 5.75 Å². The lowest BCUT2D eigenvalue weighted by molar-refractivity contribution is -0.0514. The van der Waals surface area contributed by atoms with Crippen LogP contribution in [0.5, 0.6) is 5.75 Å². The van der Waals surface area contributed by atoms with Crippen LogP contribution in [0.4, 0.5) is 0 Å². The van der Waals surface area contributed by atoms with Crippen LogP contribution in [-0.2, 0) is 0 Å². The smallest absolute Gasteiger partial charge is 0.139 e. The first-order valence-electron chi connectivity index (χ1n) is 7.12. The highest BCUT2D eigenvalue weighted by Gasteiger charge is 2.55. The molecule has 2 saturated carbocycles. The standard InChI is InChI=1S/C15H19Cl2NO/c16-11-7-12(10-18-9-11)19-14-8-13(17)15(14)5-3-1-2-4-6-15/h7,9-10,13-14H,1-6,8H2. The molecule has 1 aromatic rings. The van der Waals surface area contributed by atoms with Crippen molar-refractivity contribution in [1.82, 2.24) is 4.98 Å². The maximum Gasteiger partial charge on any atom is 0.139 e. The van der Waals surface area contributed by atoms with Gasteiger partial charge >= 0.3 is 0 Å². The quantitative estimate of drug-likeness (QED) is 0.729. The summed E-state index contributed by atoms with van der Waals surface area (Å²) in [5, 5.41) is 0.886. The topological polar surface area (TPSA) is 22.1 Å². The average Bonchev–Trinajstić information content (AvgIpc) is 2.66. The molecule has 0 aliphatic heterocycles. The number of ether oxygens (including phenoxy) is 1. The van der Waals surface area contributed by atoms with Gasteiger partial charge in [0.05, 0.1) is 11.2 Å². The van der Waals surface area contributed by atoms with Crippen molar-refractivity contribution in [1.29, 1.82) is 0 Å². The van der Waals surface area contributed by atoms with Crippen molar-refractivity contribution < 1.29 is 4.74 Å². The summed E-state index contributed by atoms with van der Waals surface area (Å²) < 4.78 is 6.12. The van der Waals surface area contributed by atoms with E-state index in [-0.39, 0.29) is 16.9 Å². The molecule has 2 aliphatic rings. The summed E-state index contributed by atoms with van der Waals surface area (Å²) in [4.78, 5) is 4.08. The Morgan fingerprint density at radius 2 is 1.89 bits per heavy atom. The molecule has 1 aromatic heterocycles. The van der Waals surface area contributed by atoms with Crippen molar-refractivity contribution in [3.63, 3.8) is 0 Å². The van der Waals surface area contributed by atoms with Crippen molar-refractivity contribution in [2.45, 2.75) is 56.4 Å². The van der Waals surface area contributed by atoms with Gasteiger partial charge in [0.25, 0.3) is 0 Å². The number of hydrogen-bond acceptors (Lipinski definition) is 2. The Morgan fingerprint density at radius 1 is 1.16 bits per heavy atom. The van der Waals surface area contributed by atoms with Gasteiger partial charge < -0.3 is 4.74 Å². The minimum absolute atomic E-state index is 0.181. The second kappa shape index (κ2) is 5.49. The molecule has 2 unspecified atom stereocenters. The van der Waals surface area contributed by atoms with Gasteiger partial charge in [-0.05, 0) is 12.8 Å². The van der Waals surface area contributed by atoms with Crippen LogP contribution in [0.3, 0.4) is 0 Å². The summed E-state index contributed by atoms with van der Waals surface area (Å²) in [5.41, 5.74) is 0.181. The second-order valence-electron chi connectivity index (χ2n) is 5.80. The lowest BCUT2D eigenvalue weighted by Crippen LogP contribution is -2.57. The number of pyridine rings is 1. The van der Waals surface area contributed by atoms with E-state index in [1.54, 1.807) is 12.4 Å². The van der Waals surface area contributed by atoms with Crippen molar-refractivity contribution in [2.24, 2.45) is 5.41 Å². The number of halogens is 2.